The molecule has 1 aliphatic carbocycles. The lowest BCUT2D eigenvalue weighted by Gasteiger charge is -2.32. The predicted octanol–water partition coefficient (Wildman–Crippen LogP) is 4.07. The molecule has 8 heteroatoms. The van der Waals surface area contributed by atoms with E-state index >= 15 is 0 Å². The lowest BCUT2D eigenvalue weighted by molar-refractivity contribution is -0.137. The van der Waals surface area contributed by atoms with Crippen LogP contribution in [0, 0.1) is 0 Å². The minimum Gasteiger partial charge on any atom is -0.399 e. The number of nitrogens with one attached hydrogen (secondary N) is 1. The maximum absolute atomic E-state index is 13.7. The van der Waals surface area contributed by atoms with Crippen molar-refractivity contribution in [1.29, 1.82) is 0 Å². The summed E-state index contributed by atoms with van der Waals surface area (Å²) >= 11 is 0. The first-order valence-corrected chi connectivity index (χ1v) is 9.78. The molecule has 1 saturated heterocycles. The van der Waals surface area contributed by atoms with E-state index in [1.165, 1.54) is 12.1 Å². The molecule has 2 aliphatic rings. The first kappa shape index (κ1) is 21.2. The Kier molecular flexibility index (Phi) is 5.58. The molecular formula is C20H27BF3NO3. The summed E-state index contributed by atoms with van der Waals surface area (Å²) < 4.78 is 52.8. The standard InChI is InChI=1S/C20H27BF3NO3/c1-18(2)19(3,4)28-21(27-18)13-10-11-15(16(12-13)20(22,23)24)17(26)25-14-8-6-5-7-9-14/h10-12,14H,5-9H2,1-4H3,(H,25,26). The zero-order valence-corrected chi connectivity index (χ0v) is 16.8. The molecule has 1 aromatic rings. The summed E-state index contributed by atoms with van der Waals surface area (Å²) in [6.45, 7) is 7.35. The Morgan fingerprint density at radius 3 is 2.18 bits per heavy atom. The van der Waals surface area contributed by atoms with Crippen LogP contribution in [0.25, 0.3) is 0 Å². The zero-order valence-electron chi connectivity index (χ0n) is 16.8. The van der Waals surface area contributed by atoms with E-state index < -0.39 is 36.0 Å². The molecule has 0 spiro atoms. The smallest absolute Gasteiger partial charge is 0.399 e. The second-order valence-electron chi connectivity index (χ2n) is 8.70. The van der Waals surface area contributed by atoms with E-state index in [-0.39, 0.29) is 17.1 Å². The summed E-state index contributed by atoms with van der Waals surface area (Å²) in [6.07, 6.45) is 0.0237. The molecule has 4 nitrogen and oxygen atoms in total. The van der Waals surface area contributed by atoms with Gasteiger partial charge in [-0.25, -0.2) is 0 Å². The van der Waals surface area contributed by atoms with Crippen LogP contribution in [-0.2, 0) is 15.5 Å². The second kappa shape index (κ2) is 7.37. The molecule has 1 saturated carbocycles. The zero-order chi connectivity index (χ0) is 20.7. The summed E-state index contributed by atoms with van der Waals surface area (Å²) in [4.78, 5) is 12.5. The van der Waals surface area contributed by atoms with Crippen molar-refractivity contribution >= 4 is 18.5 Å². The molecule has 1 N–H and O–H groups in total. The van der Waals surface area contributed by atoms with Gasteiger partial charge in [-0.1, -0.05) is 25.3 Å². The molecule has 1 heterocycles. The molecule has 1 aliphatic heterocycles. The Bertz CT molecular complexity index is 727. The van der Waals surface area contributed by atoms with E-state index in [9.17, 15) is 18.0 Å². The van der Waals surface area contributed by atoms with E-state index in [0.717, 1.165) is 38.2 Å². The highest BCUT2D eigenvalue weighted by Crippen LogP contribution is 2.37. The van der Waals surface area contributed by atoms with Gasteiger partial charge in [-0.15, -0.1) is 0 Å². The predicted molar refractivity (Wildman–Crippen MR) is 101 cm³/mol. The lowest BCUT2D eigenvalue weighted by atomic mass is 9.77. The fourth-order valence-corrected chi connectivity index (χ4v) is 3.63. The van der Waals surface area contributed by atoms with Gasteiger partial charge >= 0.3 is 13.3 Å². The third-order valence-electron chi connectivity index (χ3n) is 6.06. The van der Waals surface area contributed by atoms with Crippen LogP contribution >= 0.6 is 0 Å². The lowest BCUT2D eigenvalue weighted by Crippen LogP contribution is -2.41. The molecule has 154 valence electrons. The molecule has 1 aromatic carbocycles. The number of rotatable bonds is 3. The Balaban J connectivity index is 1.87. The fraction of sp³-hybridized carbons (Fsp3) is 0.650. The topological polar surface area (TPSA) is 47.6 Å². The van der Waals surface area contributed by atoms with E-state index in [2.05, 4.69) is 5.32 Å². The summed E-state index contributed by atoms with van der Waals surface area (Å²) in [7, 11) is -0.915. The van der Waals surface area contributed by atoms with Gasteiger partial charge in [0.2, 0.25) is 0 Å². The van der Waals surface area contributed by atoms with Crippen molar-refractivity contribution in [1.82, 2.24) is 5.32 Å². The van der Waals surface area contributed by atoms with Crippen molar-refractivity contribution in [2.24, 2.45) is 0 Å². The van der Waals surface area contributed by atoms with Crippen molar-refractivity contribution in [3.05, 3.63) is 29.3 Å². The van der Waals surface area contributed by atoms with Crippen LogP contribution < -0.4 is 10.8 Å². The first-order valence-electron chi connectivity index (χ1n) is 9.78. The number of carbonyl (C=O) groups is 1. The first-order chi connectivity index (χ1) is 12.9. The van der Waals surface area contributed by atoms with Crippen LogP contribution in [0.15, 0.2) is 18.2 Å². The van der Waals surface area contributed by atoms with Gasteiger partial charge < -0.3 is 14.6 Å². The van der Waals surface area contributed by atoms with E-state index in [1.807, 2.05) is 27.7 Å². The largest absolute Gasteiger partial charge is 0.494 e. The Morgan fingerprint density at radius 2 is 1.64 bits per heavy atom. The SMILES string of the molecule is CC1(C)OB(c2ccc(C(=O)NC3CCCCC3)c(C(F)(F)F)c2)OC1(C)C. The van der Waals surface area contributed by atoms with Gasteiger partial charge in [0.05, 0.1) is 22.3 Å². The highest BCUT2D eigenvalue weighted by molar-refractivity contribution is 6.62. The van der Waals surface area contributed by atoms with Crippen molar-refractivity contribution < 1.29 is 27.3 Å². The Labute approximate surface area is 164 Å². The van der Waals surface area contributed by atoms with Crippen LogP contribution in [0.3, 0.4) is 0 Å². The van der Waals surface area contributed by atoms with Gasteiger partial charge in [-0.3, -0.25) is 4.79 Å². The number of hydrogen-bond acceptors (Lipinski definition) is 3. The van der Waals surface area contributed by atoms with Crippen molar-refractivity contribution in [3.8, 4) is 0 Å². The second-order valence-corrected chi connectivity index (χ2v) is 8.70. The third kappa shape index (κ3) is 4.22. The van der Waals surface area contributed by atoms with Crippen LogP contribution in [0.4, 0.5) is 13.2 Å². The molecule has 2 fully saturated rings. The van der Waals surface area contributed by atoms with Crippen molar-refractivity contribution in [2.45, 2.75) is 83.2 Å². The van der Waals surface area contributed by atoms with E-state index in [1.54, 1.807) is 0 Å². The van der Waals surface area contributed by atoms with E-state index in [0.29, 0.717) is 0 Å². The normalized spacial score (nSPS) is 22.3. The van der Waals surface area contributed by atoms with Gasteiger partial charge in [0, 0.05) is 6.04 Å². The molecule has 0 radical (unpaired) electrons. The van der Waals surface area contributed by atoms with Crippen LogP contribution in [0.5, 0.6) is 0 Å². The quantitative estimate of drug-likeness (QED) is 0.783. The Morgan fingerprint density at radius 1 is 1.07 bits per heavy atom. The summed E-state index contributed by atoms with van der Waals surface area (Å²) in [5.74, 6) is -0.681. The van der Waals surface area contributed by atoms with Gasteiger partial charge in [-0.05, 0) is 58.1 Å². The molecule has 1 amide bonds. The number of alkyl halides is 3. The molecule has 3 rings (SSSR count). The molecule has 0 bridgehead atoms. The monoisotopic (exact) mass is 397 g/mol. The van der Waals surface area contributed by atoms with E-state index in [4.69, 9.17) is 9.31 Å². The maximum Gasteiger partial charge on any atom is 0.494 e. The number of carbonyl (C=O) groups excluding carboxylic acids is 1. The number of hydrogen-bond donors (Lipinski definition) is 1. The van der Waals surface area contributed by atoms with Crippen molar-refractivity contribution in [3.63, 3.8) is 0 Å². The molecule has 28 heavy (non-hydrogen) atoms. The average Bonchev–Trinajstić information content (AvgIpc) is 2.82. The third-order valence-corrected chi connectivity index (χ3v) is 6.06. The van der Waals surface area contributed by atoms with Gasteiger partial charge in [-0.2, -0.15) is 13.2 Å². The molecule has 0 aromatic heterocycles. The van der Waals surface area contributed by atoms with Gasteiger partial charge in [0.15, 0.2) is 0 Å². The van der Waals surface area contributed by atoms with Crippen LogP contribution in [-0.4, -0.2) is 30.3 Å². The molecular weight excluding hydrogens is 370 g/mol. The highest BCUT2D eigenvalue weighted by Gasteiger charge is 2.52. The average molecular weight is 397 g/mol. The minimum atomic E-state index is -4.65. The fourth-order valence-electron chi connectivity index (χ4n) is 3.63. The summed E-state index contributed by atoms with van der Waals surface area (Å²) in [6, 6.07) is 3.61. The van der Waals surface area contributed by atoms with Crippen molar-refractivity contribution in [2.75, 3.05) is 0 Å². The highest BCUT2D eigenvalue weighted by atomic mass is 19.4. The number of benzene rings is 1. The number of halogens is 3. The molecule has 0 atom stereocenters. The van der Waals surface area contributed by atoms with Crippen LogP contribution in [0.2, 0.25) is 0 Å². The Hall–Kier alpha value is -1.54. The van der Waals surface area contributed by atoms with Gasteiger partial charge in [0.25, 0.3) is 5.91 Å². The summed E-state index contributed by atoms with van der Waals surface area (Å²) in [5, 5.41) is 2.76. The van der Waals surface area contributed by atoms with Gasteiger partial charge in [0.1, 0.15) is 0 Å². The minimum absolute atomic E-state index is 0.0647. The van der Waals surface area contributed by atoms with Crippen LogP contribution in [0.1, 0.15) is 75.7 Å². The summed E-state index contributed by atoms with van der Waals surface area (Å²) in [5.41, 5.74) is -2.40. The molecule has 0 unspecified atom stereocenters. The maximum atomic E-state index is 13.7. The number of amides is 1.